The Hall–Kier alpha value is -8.31. The second-order valence-electron chi connectivity index (χ2n) is 28.7. The first-order chi connectivity index (χ1) is 41.2. The summed E-state index contributed by atoms with van der Waals surface area (Å²) in [6.07, 6.45) is 1.97. The first kappa shape index (κ1) is 59.0. The third kappa shape index (κ3) is 11.5. The molecule has 3 heterocycles. The van der Waals surface area contributed by atoms with Gasteiger partial charge >= 0.3 is 322 Å². The van der Waals surface area contributed by atoms with Gasteiger partial charge in [0, 0.05) is 17.4 Å². The fourth-order valence-corrected chi connectivity index (χ4v) is 13.1. The Balaban J connectivity index is 1.09. The molecule has 0 saturated carbocycles. The summed E-state index contributed by atoms with van der Waals surface area (Å²) in [6.45, 7) is 34.5. The second-order valence-corrected chi connectivity index (χ2v) is 29.7. The molecular weight excluding hydrogens is 1240 g/mol. The van der Waals surface area contributed by atoms with Crippen LogP contribution in [0.1, 0.15) is 132 Å². The summed E-state index contributed by atoms with van der Waals surface area (Å²) in [7, 11) is 0. The van der Waals surface area contributed by atoms with E-state index in [-0.39, 0.29) is 27.1 Å². The molecule has 1 aliphatic rings. The fraction of sp³-hybridized carbons (Fsp3) is 0.250. The Morgan fingerprint density at radius 1 is 0.322 bits per heavy atom. The van der Waals surface area contributed by atoms with Gasteiger partial charge in [-0.2, -0.15) is 0 Å². The van der Waals surface area contributed by atoms with Gasteiger partial charge in [-0.1, -0.05) is 117 Å². The van der Waals surface area contributed by atoms with E-state index in [1.807, 2.05) is 6.20 Å². The van der Waals surface area contributed by atoms with E-state index < -0.39 is 0 Å². The monoisotopic (exact) mass is 1320 g/mol. The van der Waals surface area contributed by atoms with Gasteiger partial charge in [0.1, 0.15) is 0 Å². The van der Waals surface area contributed by atoms with Crippen molar-refractivity contribution < 1.29 is 24.1 Å². The van der Waals surface area contributed by atoms with Gasteiger partial charge in [-0.25, -0.2) is 0 Å². The molecule has 0 saturated heterocycles. The number of nitrogens with zero attached hydrogens (tertiary/aromatic N) is 5. The molecule has 0 atom stereocenters. The first-order valence-corrected chi connectivity index (χ1v) is 31.7. The van der Waals surface area contributed by atoms with Crippen LogP contribution in [0.25, 0.3) is 55.8 Å². The number of hydrogen-bond donors (Lipinski definition) is 0. The van der Waals surface area contributed by atoms with E-state index >= 15 is 0 Å². The van der Waals surface area contributed by atoms with Crippen molar-refractivity contribution in [1.82, 2.24) is 14.1 Å². The van der Waals surface area contributed by atoms with Crippen LogP contribution >= 0.6 is 0 Å². The molecule has 0 unspecified atom stereocenters. The van der Waals surface area contributed by atoms with Crippen LogP contribution in [-0.2, 0) is 46.4 Å². The summed E-state index contributed by atoms with van der Waals surface area (Å²) in [5.74, 6) is 2.23. The van der Waals surface area contributed by atoms with E-state index in [9.17, 15) is 0 Å². The second kappa shape index (κ2) is 22.1. The normalized spacial score (nSPS) is 13.0. The van der Waals surface area contributed by atoms with Gasteiger partial charge < -0.3 is 4.90 Å². The van der Waals surface area contributed by atoms with Crippen LogP contribution in [0.15, 0.2) is 219 Å². The van der Waals surface area contributed by atoms with Crippen LogP contribution in [0.5, 0.6) is 11.5 Å². The zero-order valence-corrected chi connectivity index (χ0v) is 55.5. The van der Waals surface area contributed by atoms with Crippen LogP contribution < -0.4 is 14.5 Å². The van der Waals surface area contributed by atoms with Crippen molar-refractivity contribution in [3.8, 4) is 56.3 Å². The van der Waals surface area contributed by atoms with Crippen molar-refractivity contribution in [1.29, 1.82) is 0 Å². The molecule has 6 nitrogen and oxygen atoms in total. The van der Waals surface area contributed by atoms with E-state index in [0.29, 0.717) is 5.75 Å². The Bertz CT molecular complexity index is 4440. The molecule has 442 valence electrons. The van der Waals surface area contributed by atoms with E-state index in [2.05, 4.69) is 354 Å². The van der Waals surface area contributed by atoms with Gasteiger partial charge in [-0.05, 0) is 63.3 Å². The molecule has 0 aliphatic carbocycles. The molecule has 2 aromatic heterocycles. The number of aromatic nitrogens is 3. The van der Waals surface area contributed by atoms with Crippen LogP contribution in [-0.4, -0.2) is 14.1 Å². The topological polar surface area (TPSA) is 38.5 Å². The minimum atomic E-state index is -0.145. The molecule has 0 N–H and O–H groups in total. The SMILES string of the molecule is CC(C)(C)c1cc(-n2[c](=[Pt])n(-c3cccc(Oc4ccc5c(c4)N(c4cc(C(C)(C)C)ccn4)c4ccccc4-c4ccc(C(C)(C)C)cc4N(c4ccccc4)c4cc(C(C)(C)C)ccc4-5)c3)c3ccc(-c4ccccc4)cc32)cc(C(C)(C)C)c1. The Labute approximate surface area is 527 Å². The Kier molecular flexibility index (Phi) is 15.0. The van der Waals surface area contributed by atoms with Gasteiger partial charge in [0.15, 0.2) is 0 Å². The molecule has 12 rings (SSSR count). The summed E-state index contributed by atoms with van der Waals surface area (Å²) >= 11 is 2.54. The van der Waals surface area contributed by atoms with Crippen molar-refractivity contribution in [3.63, 3.8) is 0 Å². The summed E-state index contributed by atoms with van der Waals surface area (Å²) in [4.78, 5) is 10.2. The number of pyridine rings is 1. The fourth-order valence-electron chi connectivity index (χ4n) is 12.0. The molecule has 0 radical (unpaired) electrons. The molecule has 11 aromatic rings. The van der Waals surface area contributed by atoms with Crippen molar-refractivity contribution in [2.75, 3.05) is 9.80 Å². The molecule has 0 spiro atoms. The van der Waals surface area contributed by atoms with Crippen molar-refractivity contribution >= 4 is 45.3 Å². The van der Waals surface area contributed by atoms with Crippen molar-refractivity contribution in [2.24, 2.45) is 0 Å². The minimum absolute atomic E-state index is 0.0635. The van der Waals surface area contributed by atoms with E-state index in [0.717, 1.165) is 94.0 Å². The Morgan fingerprint density at radius 2 is 0.816 bits per heavy atom. The maximum atomic E-state index is 7.28. The van der Waals surface area contributed by atoms with Crippen molar-refractivity contribution in [2.45, 2.75) is 131 Å². The zero-order chi connectivity index (χ0) is 61.5. The van der Waals surface area contributed by atoms with Gasteiger partial charge in [-0.15, -0.1) is 0 Å². The molecule has 0 fully saturated rings. The Morgan fingerprint density at radius 3 is 1.41 bits per heavy atom. The van der Waals surface area contributed by atoms with Crippen LogP contribution in [0.3, 0.4) is 0 Å². The predicted octanol–water partition coefficient (Wildman–Crippen LogP) is 22.4. The summed E-state index contributed by atoms with van der Waals surface area (Å²) < 4.78 is 13.2. The molecule has 0 amide bonds. The van der Waals surface area contributed by atoms with Gasteiger partial charge in [-0.3, -0.25) is 0 Å². The van der Waals surface area contributed by atoms with Gasteiger partial charge in [0.2, 0.25) is 0 Å². The zero-order valence-electron chi connectivity index (χ0n) is 53.2. The third-order valence-electron chi connectivity index (χ3n) is 17.1. The summed E-state index contributed by atoms with van der Waals surface area (Å²) in [5.41, 5.74) is 22.0. The third-order valence-corrected chi connectivity index (χ3v) is 18.1. The molecular formula is C80H81N5OPt. The quantitative estimate of drug-likeness (QED) is 0.159. The molecule has 0 bridgehead atoms. The van der Waals surface area contributed by atoms with E-state index in [1.165, 1.54) is 33.4 Å². The number of para-hydroxylation sites is 2. The number of benzene rings is 9. The number of fused-ring (bicyclic) bond motifs is 7. The van der Waals surface area contributed by atoms with Gasteiger partial charge in [0.25, 0.3) is 0 Å². The van der Waals surface area contributed by atoms with E-state index in [4.69, 9.17) is 9.72 Å². The number of rotatable bonds is 7. The van der Waals surface area contributed by atoms with Gasteiger partial charge in [0.05, 0.1) is 5.69 Å². The predicted molar refractivity (Wildman–Crippen MR) is 363 cm³/mol. The average Bonchev–Trinajstić information content (AvgIpc) is 1.78. The van der Waals surface area contributed by atoms with E-state index in [1.54, 1.807) is 0 Å². The molecule has 1 aliphatic heterocycles. The first-order valence-electron chi connectivity index (χ1n) is 30.6. The van der Waals surface area contributed by atoms with Crippen LogP contribution in [0, 0.1) is 3.80 Å². The molecule has 9 aromatic carbocycles. The molecule has 7 heteroatoms. The number of anilines is 6. The number of hydrogen-bond acceptors (Lipinski definition) is 4. The standard InChI is InChI=1S/C80H81N5O.Pt/c1-76(2,3)55-34-37-66-65-31-22-23-32-69(65)85(75-49-57(41-42-81-75)78(7,8)9)73-51-64(36-39-68(73)67-38-35-56(77(4,5)6)48-72(67)84(71(66)47-55)60-27-20-17-21-28-60)86-63-30-24-29-61(50-63)82-52-83(62-45-58(79(10,11)12)44-59(46-62)80(13,14)15)74-43-54(33-40-70(74)82)53-25-18-16-19-26-53;/h16-51H,1-15H3;. The molecule has 87 heavy (non-hydrogen) atoms. The number of imidazole rings is 1. The van der Waals surface area contributed by atoms with Crippen molar-refractivity contribution in [3.05, 3.63) is 250 Å². The van der Waals surface area contributed by atoms with Crippen LogP contribution in [0.2, 0.25) is 0 Å². The maximum absolute atomic E-state index is 7.28. The summed E-state index contributed by atoms with van der Waals surface area (Å²) in [6, 6.07) is 78.3. The number of ether oxygens (including phenoxy) is 1. The average molecular weight is 1320 g/mol. The van der Waals surface area contributed by atoms with Crippen LogP contribution in [0.4, 0.5) is 34.3 Å². The summed E-state index contributed by atoms with van der Waals surface area (Å²) in [5, 5.41) is 0.